The Morgan fingerprint density at radius 3 is 2.68 bits per heavy atom. The zero-order valence-electron chi connectivity index (χ0n) is 11.4. The quantitative estimate of drug-likeness (QED) is 0.853. The van der Waals surface area contributed by atoms with Crippen LogP contribution in [0.1, 0.15) is 24.7 Å². The summed E-state index contributed by atoms with van der Waals surface area (Å²) in [6.45, 7) is 5.02. The van der Waals surface area contributed by atoms with Crippen LogP contribution < -0.4 is 10.6 Å². The monoisotopic (exact) mass is 284 g/mol. The molecule has 0 atom stereocenters. The minimum absolute atomic E-state index is 0.178. The number of rotatable bonds is 2. The Hall–Kier alpha value is -1.37. The normalized spacial score (nSPS) is 19.2. The van der Waals surface area contributed by atoms with E-state index in [9.17, 15) is 8.42 Å². The smallest absolute Gasteiger partial charge is 0.152 e. The van der Waals surface area contributed by atoms with Crippen molar-refractivity contribution in [2.24, 2.45) is 0 Å². The number of anilines is 2. The molecule has 0 amide bonds. The van der Waals surface area contributed by atoms with Gasteiger partial charge in [-0.05, 0) is 13.3 Å². The molecular formula is C12H20N4O2S. The molecule has 0 saturated carbocycles. The predicted octanol–water partition coefficient (Wildman–Crippen LogP) is 0.555. The molecule has 1 aromatic heterocycles. The second-order valence-electron chi connectivity index (χ2n) is 4.82. The lowest BCUT2D eigenvalue weighted by atomic mass is 10.2. The lowest BCUT2D eigenvalue weighted by Gasteiger charge is -2.23. The van der Waals surface area contributed by atoms with Gasteiger partial charge in [0.05, 0.1) is 11.5 Å². The molecule has 0 aliphatic carbocycles. The number of hydrogen-bond donors (Lipinski definition) is 1. The maximum atomic E-state index is 11.6. The van der Waals surface area contributed by atoms with E-state index in [0.29, 0.717) is 37.6 Å². The first-order valence-corrected chi connectivity index (χ1v) is 8.33. The average molecular weight is 284 g/mol. The summed E-state index contributed by atoms with van der Waals surface area (Å²) in [6.07, 6.45) is 1.34. The number of aryl methyl sites for hydroxylation is 1. The van der Waals surface area contributed by atoms with E-state index < -0.39 is 9.84 Å². The van der Waals surface area contributed by atoms with Gasteiger partial charge in [-0.25, -0.2) is 18.4 Å². The molecule has 1 aliphatic rings. The van der Waals surface area contributed by atoms with Crippen molar-refractivity contribution in [1.29, 1.82) is 0 Å². The molecule has 2 N–H and O–H groups in total. The first kappa shape index (κ1) is 14.0. The number of nitrogens with zero attached hydrogens (tertiary/aromatic N) is 3. The van der Waals surface area contributed by atoms with Gasteiger partial charge in [0, 0.05) is 25.1 Å². The second-order valence-corrected chi connectivity index (χ2v) is 7.12. The Morgan fingerprint density at radius 2 is 2.00 bits per heavy atom. The van der Waals surface area contributed by atoms with Gasteiger partial charge in [0.2, 0.25) is 0 Å². The molecule has 1 aromatic rings. The summed E-state index contributed by atoms with van der Waals surface area (Å²) in [7, 11) is -2.92. The highest BCUT2D eigenvalue weighted by Gasteiger charge is 2.22. The van der Waals surface area contributed by atoms with E-state index in [1.165, 1.54) is 0 Å². The maximum Gasteiger partial charge on any atom is 0.152 e. The Labute approximate surface area is 114 Å². The minimum Gasteiger partial charge on any atom is -0.383 e. The van der Waals surface area contributed by atoms with Gasteiger partial charge in [-0.3, -0.25) is 0 Å². The molecule has 0 unspecified atom stereocenters. The fourth-order valence-corrected chi connectivity index (χ4v) is 3.46. The third-order valence-electron chi connectivity index (χ3n) is 3.38. The highest BCUT2D eigenvalue weighted by atomic mass is 32.2. The van der Waals surface area contributed by atoms with Gasteiger partial charge in [0.15, 0.2) is 9.84 Å². The molecular weight excluding hydrogens is 264 g/mol. The third-order valence-corrected chi connectivity index (χ3v) is 5.09. The number of nitrogens with two attached hydrogens (primary N) is 1. The van der Waals surface area contributed by atoms with E-state index in [0.717, 1.165) is 11.4 Å². The largest absolute Gasteiger partial charge is 0.383 e. The summed E-state index contributed by atoms with van der Waals surface area (Å²) in [5, 5.41) is 0. The fraction of sp³-hybridized carbons (Fsp3) is 0.667. The molecule has 19 heavy (non-hydrogen) atoms. The molecule has 0 aromatic carbocycles. The highest BCUT2D eigenvalue weighted by Crippen LogP contribution is 2.23. The summed E-state index contributed by atoms with van der Waals surface area (Å²) in [4.78, 5) is 10.7. The standard InChI is InChI=1S/C12H20N4O2S/c1-3-10-14-11(13)9(2)12(15-10)16-5-4-7-19(17,18)8-6-16/h3-8H2,1-2H3,(H2,13,14,15). The Kier molecular flexibility index (Phi) is 3.93. The summed E-state index contributed by atoms with van der Waals surface area (Å²) in [5.41, 5.74) is 6.73. The van der Waals surface area contributed by atoms with Crippen molar-refractivity contribution in [2.45, 2.75) is 26.7 Å². The number of nitrogen functional groups attached to an aromatic ring is 1. The predicted molar refractivity (Wildman–Crippen MR) is 76.0 cm³/mol. The third kappa shape index (κ3) is 3.15. The van der Waals surface area contributed by atoms with Crippen LogP contribution in [0.5, 0.6) is 0 Å². The second kappa shape index (κ2) is 5.32. The van der Waals surface area contributed by atoms with Gasteiger partial charge in [-0.2, -0.15) is 0 Å². The van der Waals surface area contributed by atoms with Crippen LogP contribution in [0.4, 0.5) is 11.6 Å². The Morgan fingerprint density at radius 1 is 1.26 bits per heavy atom. The number of hydrogen-bond acceptors (Lipinski definition) is 6. The van der Waals surface area contributed by atoms with Gasteiger partial charge < -0.3 is 10.6 Å². The molecule has 6 nitrogen and oxygen atoms in total. The van der Waals surface area contributed by atoms with Gasteiger partial charge in [0.1, 0.15) is 17.5 Å². The van der Waals surface area contributed by atoms with Crippen LogP contribution in [-0.2, 0) is 16.3 Å². The Bertz CT molecular complexity index is 571. The van der Waals surface area contributed by atoms with Crippen molar-refractivity contribution in [3.8, 4) is 0 Å². The number of sulfone groups is 1. The van der Waals surface area contributed by atoms with Crippen molar-refractivity contribution in [1.82, 2.24) is 9.97 Å². The lowest BCUT2D eigenvalue weighted by molar-refractivity contribution is 0.597. The fourth-order valence-electron chi connectivity index (χ4n) is 2.18. The summed E-state index contributed by atoms with van der Waals surface area (Å²) in [6, 6.07) is 0. The topological polar surface area (TPSA) is 89.2 Å². The minimum atomic E-state index is -2.92. The molecule has 1 aliphatic heterocycles. The van der Waals surface area contributed by atoms with Crippen molar-refractivity contribution in [3.63, 3.8) is 0 Å². The van der Waals surface area contributed by atoms with Crippen molar-refractivity contribution >= 4 is 21.5 Å². The van der Waals surface area contributed by atoms with Crippen LogP contribution in [0.2, 0.25) is 0 Å². The van der Waals surface area contributed by atoms with E-state index in [4.69, 9.17) is 5.73 Å². The summed E-state index contributed by atoms with van der Waals surface area (Å²) < 4.78 is 23.3. The highest BCUT2D eigenvalue weighted by molar-refractivity contribution is 7.91. The Balaban J connectivity index is 2.33. The van der Waals surface area contributed by atoms with Crippen LogP contribution in [0, 0.1) is 6.92 Å². The van der Waals surface area contributed by atoms with Gasteiger partial charge in [0.25, 0.3) is 0 Å². The first-order valence-electron chi connectivity index (χ1n) is 6.51. The molecule has 2 heterocycles. The molecule has 0 spiro atoms. The van der Waals surface area contributed by atoms with E-state index >= 15 is 0 Å². The van der Waals surface area contributed by atoms with Crippen molar-refractivity contribution in [2.75, 3.05) is 35.2 Å². The van der Waals surface area contributed by atoms with Crippen LogP contribution in [0.3, 0.4) is 0 Å². The van der Waals surface area contributed by atoms with Crippen LogP contribution >= 0.6 is 0 Å². The van der Waals surface area contributed by atoms with Crippen molar-refractivity contribution < 1.29 is 8.42 Å². The van der Waals surface area contributed by atoms with Crippen LogP contribution in [0.25, 0.3) is 0 Å². The number of aromatic nitrogens is 2. The molecule has 7 heteroatoms. The summed E-state index contributed by atoms with van der Waals surface area (Å²) >= 11 is 0. The zero-order valence-corrected chi connectivity index (χ0v) is 12.2. The van der Waals surface area contributed by atoms with Crippen LogP contribution in [-0.4, -0.2) is 43.0 Å². The molecule has 0 radical (unpaired) electrons. The van der Waals surface area contributed by atoms with Gasteiger partial charge >= 0.3 is 0 Å². The van der Waals surface area contributed by atoms with E-state index in [-0.39, 0.29) is 11.5 Å². The van der Waals surface area contributed by atoms with Crippen LogP contribution in [0.15, 0.2) is 0 Å². The van der Waals surface area contributed by atoms with Gasteiger partial charge in [-0.1, -0.05) is 6.92 Å². The molecule has 2 rings (SSSR count). The van der Waals surface area contributed by atoms with Gasteiger partial charge in [-0.15, -0.1) is 0 Å². The summed E-state index contributed by atoms with van der Waals surface area (Å²) in [5.74, 6) is 2.39. The maximum absolute atomic E-state index is 11.6. The molecule has 1 saturated heterocycles. The lowest BCUT2D eigenvalue weighted by Crippen LogP contribution is -2.29. The van der Waals surface area contributed by atoms with E-state index in [2.05, 4.69) is 9.97 Å². The van der Waals surface area contributed by atoms with E-state index in [1.807, 2.05) is 18.7 Å². The average Bonchev–Trinajstić information content (AvgIpc) is 2.53. The molecule has 0 bridgehead atoms. The SMILES string of the molecule is CCc1nc(N)c(C)c(N2CCCS(=O)(=O)CC2)n1. The molecule has 106 valence electrons. The molecule has 1 fully saturated rings. The zero-order chi connectivity index (χ0) is 14.0. The van der Waals surface area contributed by atoms with E-state index in [1.54, 1.807) is 0 Å². The first-order chi connectivity index (χ1) is 8.93. The van der Waals surface area contributed by atoms with Crippen molar-refractivity contribution in [3.05, 3.63) is 11.4 Å².